The minimum absolute atomic E-state index is 0.0604. The number of halogens is 4. The molecular formula is C14H7ClF3NO2. The quantitative estimate of drug-likeness (QED) is 0.787. The highest BCUT2D eigenvalue weighted by molar-refractivity contribution is 6.34. The van der Waals surface area contributed by atoms with Crippen molar-refractivity contribution in [2.45, 2.75) is 11.8 Å². The number of hydrogen-bond donors (Lipinski definition) is 1. The molecule has 0 spiro atoms. The molecule has 1 aliphatic rings. The normalized spacial score (nSPS) is 20.0. The summed E-state index contributed by atoms with van der Waals surface area (Å²) in [5.41, 5.74) is -4.00. The summed E-state index contributed by atoms with van der Waals surface area (Å²) in [6.45, 7) is 0. The van der Waals surface area contributed by atoms with Gasteiger partial charge in [0.25, 0.3) is 0 Å². The molecule has 0 unspecified atom stereocenters. The van der Waals surface area contributed by atoms with E-state index in [2.05, 4.69) is 5.18 Å². The SMILES string of the molecule is O=Nc1cc(Cl)c2c(c1)[C@@](O)(C(F)(F)F)c1ccccc1-2. The summed E-state index contributed by atoms with van der Waals surface area (Å²) >= 11 is 5.98. The summed E-state index contributed by atoms with van der Waals surface area (Å²) in [6.07, 6.45) is -4.96. The molecule has 0 heterocycles. The molecule has 0 fully saturated rings. The lowest BCUT2D eigenvalue weighted by molar-refractivity contribution is -0.246. The van der Waals surface area contributed by atoms with Crippen molar-refractivity contribution in [1.29, 1.82) is 0 Å². The van der Waals surface area contributed by atoms with Gasteiger partial charge in [-0.2, -0.15) is 13.2 Å². The molecule has 1 aliphatic carbocycles. The Balaban J connectivity index is 2.46. The highest BCUT2D eigenvalue weighted by Crippen LogP contribution is 2.57. The fraction of sp³-hybridized carbons (Fsp3) is 0.143. The zero-order valence-electron chi connectivity index (χ0n) is 10.3. The Labute approximate surface area is 122 Å². The van der Waals surface area contributed by atoms with Crippen LogP contribution in [0.1, 0.15) is 11.1 Å². The topological polar surface area (TPSA) is 49.7 Å². The third kappa shape index (κ3) is 1.72. The predicted molar refractivity (Wildman–Crippen MR) is 71.4 cm³/mol. The Bertz CT molecular complexity index is 760. The van der Waals surface area contributed by atoms with Gasteiger partial charge in [0.15, 0.2) is 0 Å². The van der Waals surface area contributed by atoms with Gasteiger partial charge in [-0.05, 0) is 22.9 Å². The fourth-order valence-corrected chi connectivity index (χ4v) is 2.99. The average Bonchev–Trinajstić information content (AvgIpc) is 2.70. The van der Waals surface area contributed by atoms with Gasteiger partial charge in [-0.15, -0.1) is 4.91 Å². The second-order valence-electron chi connectivity index (χ2n) is 4.70. The van der Waals surface area contributed by atoms with E-state index in [-0.39, 0.29) is 27.4 Å². The molecule has 0 saturated carbocycles. The summed E-state index contributed by atoms with van der Waals surface area (Å²) < 4.78 is 40.4. The summed E-state index contributed by atoms with van der Waals surface area (Å²) in [7, 11) is 0. The largest absolute Gasteiger partial charge is 0.425 e. The molecule has 0 aromatic heterocycles. The van der Waals surface area contributed by atoms with Gasteiger partial charge in [0, 0.05) is 16.7 Å². The lowest BCUT2D eigenvalue weighted by atomic mass is 9.90. The first-order valence-electron chi connectivity index (χ1n) is 5.87. The van der Waals surface area contributed by atoms with Crippen LogP contribution in [0.15, 0.2) is 41.6 Å². The van der Waals surface area contributed by atoms with Crippen LogP contribution in [0.3, 0.4) is 0 Å². The first kappa shape index (κ1) is 14.0. The number of alkyl halides is 3. The van der Waals surface area contributed by atoms with Crippen molar-refractivity contribution in [1.82, 2.24) is 0 Å². The van der Waals surface area contributed by atoms with Gasteiger partial charge < -0.3 is 5.11 Å². The zero-order valence-corrected chi connectivity index (χ0v) is 11.0. The number of benzene rings is 2. The summed E-state index contributed by atoms with van der Waals surface area (Å²) in [4.78, 5) is 10.6. The molecule has 21 heavy (non-hydrogen) atoms. The maximum atomic E-state index is 13.5. The molecule has 2 aromatic carbocycles. The highest BCUT2D eigenvalue weighted by atomic mass is 35.5. The van der Waals surface area contributed by atoms with E-state index in [9.17, 15) is 23.2 Å². The maximum Gasteiger partial charge on any atom is 0.425 e. The Morgan fingerprint density at radius 2 is 1.81 bits per heavy atom. The molecule has 3 nitrogen and oxygen atoms in total. The molecule has 1 atom stereocenters. The monoisotopic (exact) mass is 313 g/mol. The number of rotatable bonds is 1. The van der Waals surface area contributed by atoms with Crippen LogP contribution in [0.2, 0.25) is 5.02 Å². The standard InChI is InChI=1S/C14H7ClF3NO2/c15-11-6-7(19-21)5-10-12(11)8-3-1-2-4-9(8)13(10,20)14(16,17)18/h1-6,20H/t13-/m1/s1. The van der Waals surface area contributed by atoms with E-state index in [1.807, 2.05) is 0 Å². The van der Waals surface area contributed by atoms with Crippen molar-refractivity contribution < 1.29 is 18.3 Å². The minimum Gasteiger partial charge on any atom is -0.372 e. The van der Waals surface area contributed by atoms with Crippen LogP contribution in [0.25, 0.3) is 11.1 Å². The molecule has 108 valence electrons. The number of nitroso groups, excluding NO2 is 1. The van der Waals surface area contributed by atoms with Gasteiger partial charge in [-0.3, -0.25) is 0 Å². The predicted octanol–water partition coefficient (Wildman–Crippen LogP) is 4.52. The number of aliphatic hydroxyl groups is 1. The Hall–Kier alpha value is -1.92. The van der Waals surface area contributed by atoms with Crippen LogP contribution < -0.4 is 0 Å². The van der Waals surface area contributed by atoms with E-state index < -0.39 is 17.3 Å². The van der Waals surface area contributed by atoms with Crippen LogP contribution in [0, 0.1) is 4.91 Å². The number of hydrogen-bond acceptors (Lipinski definition) is 3. The summed E-state index contributed by atoms with van der Waals surface area (Å²) in [6, 6.07) is 7.67. The first-order chi connectivity index (χ1) is 9.80. The second kappa shape index (κ2) is 4.29. The van der Waals surface area contributed by atoms with Gasteiger partial charge >= 0.3 is 6.18 Å². The van der Waals surface area contributed by atoms with E-state index >= 15 is 0 Å². The second-order valence-corrected chi connectivity index (χ2v) is 5.10. The Kier molecular flexibility index (Phi) is 2.86. The van der Waals surface area contributed by atoms with Crippen LogP contribution in [0.5, 0.6) is 0 Å². The molecule has 2 aromatic rings. The third-order valence-corrected chi connectivity index (χ3v) is 3.86. The van der Waals surface area contributed by atoms with Crippen LogP contribution in [-0.4, -0.2) is 11.3 Å². The Morgan fingerprint density at radius 1 is 1.14 bits per heavy atom. The van der Waals surface area contributed by atoms with E-state index in [0.717, 1.165) is 6.07 Å². The van der Waals surface area contributed by atoms with E-state index in [1.165, 1.54) is 24.3 Å². The lowest BCUT2D eigenvalue weighted by Crippen LogP contribution is -2.41. The third-order valence-electron chi connectivity index (χ3n) is 3.57. The lowest BCUT2D eigenvalue weighted by Gasteiger charge is -2.28. The van der Waals surface area contributed by atoms with Gasteiger partial charge in [0.1, 0.15) is 5.69 Å². The molecule has 0 saturated heterocycles. The van der Waals surface area contributed by atoms with Crippen LogP contribution >= 0.6 is 11.6 Å². The highest BCUT2D eigenvalue weighted by Gasteiger charge is 2.61. The molecule has 0 radical (unpaired) electrons. The summed E-state index contributed by atoms with van der Waals surface area (Å²) in [5, 5.41) is 12.9. The van der Waals surface area contributed by atoms with Crippen molar-refractivity contribution in [3.63, 3.8) is 0 Å². The molecular weight excluding hydrogens is 307 g/mol. The van der Waals surface area contributed by atoms with Gasteiger partial charge in [-0.25, -0.2) is 0 Å². The van der Waals surface area contributed by atoms with E-state index in [1.54, 1.807) is 6.07 Å². The van der Waals surface area contributed by atoms with E-state index in [0.29, 0.717) is 0 Å². The van der Waals surface area contributed by atoms with Crippen molar-refractivity contribution in [2.75, 3.05) is 0 Å². The minimum atomic E-state index is -4.96. The average molecular weight is 314 g/mol. The fourth-order valence-electron chi connectivity index (χ4n) is 2.67. The zero-order chi connectivity index (χ0) is 15.4. The molecule has 0 bridgehead atoms. The summed E-state index contributed by atoms with van der Waals surface area (Å²) in [5.74, 6) is 0. The molecule has 3 rings (SSSR count). The Morgan fingerprint density at radius 3 is 2.43 bits per heavy atom. The molecule has 7 heteroatoms. The first-order valence-corrected chi connectivity index (χ1v) is 6.25. The van der Waals surface area contributed by atoms with Gasteiger partial charge in [0.05, 0.1) is 5.02 Å². The maximum absolute atomic E-state index is 13.5. The smallest absolute Gasteiger partial charge is 0.372 e. The van der Waals surface area contributed by atoms with Crippen LogP contribution in [-0.2, 0) is 5.60 Å². The van der Waals surface area contributed by atoms with Crippen molar-refractivity contribution in [2.24, 2.45) is 5.18 Å². The number of nitrogens with zero attached hydrogens (tertiary/aromatic N) is 1. The van der Waals surface area contributed by atoms with Crippen LogP contribution in [0.4, 0.5) is 18.9 Å². The van der Waals surface area contributed by atoms with Crippen molar-refractivity contribution >= 4 is 17.3 Å². The van der Waals surface area contributed by atoms with Crippen molar-refractivity contribution in [3.8, 4) is 11.1 Å². The number of fused-ring (bicyclic) bond motifs is 3. The van der Waals surface area contributed by atoms with E-state index in [4.69, 9.17) is 11.6 Å². The molecule has 0 amide bonds. The molecule has 1 N–H and O–H groups in total. The van der Waals surface area contributed by atoms with Crippen molar-refractivity contribution in [3.05, 3.63) is 57.5 Å². The molecule has 0 aliphatic heterocycles. The van der Waals surface area contributed by atoms with Gasteiger partial charge in [-0.1, -0.05) is 35.9 Å². The van der Waals surface area contributed by atoms with Gasteiger partial charge in [0.2, 0.25) is 5.60 Å².